The Bertz CT molecular complexity index is 573. The minimum Gasteiger partial charge on any atom is -0.497 e. The van der Waals surface area contributed by atoms with Crippen molar-refractivity contribution < 1.29 is 9.16 Å². The van der Waals surface area contributed by atoms with Crippen molar-refractivity contribution in [3.05, 3.63) is 64.7 Å². The summed E-state index contributed by atoms with van der Waals surface area (Å²) in [6.45, 7) is 6.58. The van der Waals surface area contributed by atoms with Gasteiger partial charge in [0, 0.05) is 5.02 Å². The Balaban J connectivity index is 2.37. The Morgan fingerprint density at radius 3 is 1.76 bits per heavy atom. The lowest BCUT2D eigenvalue weighted by Gasteiger charge is -2.27. The minimum atomic E-state index is -1.69. The van der Waals surface area contributed by atoms with Crippen molar-refractivity contribution in [3.8, 4) is 5.75 Å². The zero-order valence-corrected chi connectivity index (χ0v) is 14.6. The number of halogens is 1. The van der Waals surface area contributed by atoms with Gasteiger partial charge in [-0.15, -0.1) is 0 Å². The molecule has 0 saturated heterocycles. The molecule has 112 valence electrons. The van der Waals surface area contributed by atoms with Gasteiger partial charge in [0.2, 0.25) is 0 Å². The predicted octanol–water partition coefficient (Wildman–Crippen LogP) is 5.29. The zero-order valence-electron chi connectivity index (χ0n) is 12.9. The third kappa shape index (κ3) is 4.60. The number of rotatable bonds is 5. The fraction of sp³-hybridized carbons (Fsp3) is 0.294. The highest BCUT2D eigenvalue weighted by Gasteiger charge is 2.23. The third-order valence-electron chi connectivity index (χ3n) is 3.06. The van der Waals surface area contributed by atoms with Crippen LogP contribution in [0.3, 0.4) is 0 Å². The molecule has 0 bridgehead atoms. The second kappa shape index (κ2) is 6.65. The molecule has 21 heavy (non-hydrogen) atoms. The highest BCUT2D eigenvalue weighted by molar-refractivity contribution is 6.69. The molecule has 2 aromatic rings. The highest BCUT2D eigenvalue weighted by atomic mass is 35.5. The van der Waals surface area contributed by atoms with E-state index in [0.29, 0.717) is 0 Å². The molecule has 0 aliphatic heterocycles. The summed E-state index contributed by atoms with van der Waals surface area (Å²) in [6.07, 6.45) is -0.0696. The summed E-state index contributed by atoms with van der Waals surface area (Å²) in [5.41, 5.74) is 2.24. The molecule has 0 heterocycles. The summed E-state index contributed by atoms with van der Waals surface area (Å²) in [4.78, 5) is 0. The Hall–Kier alpha value is -1.29. The molecule has 0 radical (unpaired) electrons. The summed E-state index contributed by atoms with van der Waals surface area (Å²) in [5, 5.41) is 0.736. The van der Waals surface area contributed by atoms with Crippen LogP contribution in [0.2, 0.25) is 24.7 Å². The second-order valence-electron chi connectivity index (χ2n) is 5.93. The molecule has 0 spiro atoms. The molecular weight excluding hydrogens is 300 g/mol. The summed E-state index contributed by atoms with van der Waals surface area (Å²) >= 11 is 5.99. The van der Waals surface area contributed by atoms with Crippen molar-refractivity contribution in [2.24, 2.45) is 0 Å². The molecule has 2 aromatic carbocycles. The number of methoxy groups -OCH3 is 1. The van der Waals surface area contributed by atoms with Crippen LogP contribution < -0.4 is 4.74 Å². The third-order valence-corrected chi connectivity index (χ3v) is 4.26. The monoisotopic (exact) mass is 320 g/mol. The molecule has 2 nitrogen and oxygen atoms in total. The summed E-state index contributed by atoms with van der Waals surface area (Å²) in [6, 6.07) is 15.9. The molecule has 0 fully saturated rings. The summed E-state index contributed by atoms with van der Waals surface area (Å²) in [5.74, 6) is 0.849. The maximum absolute atomic E-state index is 6.38. The van der Waals surface area contributed by atoms with E-state index in [1.807, 2.05) is 36.4 Å². The van der Waals surface area contributed by atoms with Crippen molar-refractivity contribution in [1.29, 1.82) is 0 Å². The molecule has 0 N–H and O–H groups in total. The van der Waals surface area contributed by atoms with Crippen LogP contribution in [0.15, 0.2) is 48.5 Å². The Kier molecular flexibility index (Phi) is 5.09. The van der Waals surface area contributed by atoms with Crippen molar-refractivity contribution in [1.82, 2.24) is 0 Å². The van der Waals surface area contributed by atoms with Crippen molar-refractivity contribution in [3.63, 3.8) is 0 Å². The van der Waals surface area contributed by atoms with Crippen LogP contribution in [-0.4, -0.2) is 15.4 Å². The zero-order chi connectivity index (χ0) is 15.5. The molecule has 1 unspecified atom stereocenters. The molecule has 0 aliphatic carbocycles. The first-order chi connectivity index (χ1) is 9.89. The van der Waals surface area contributed by atoms with Crippen LogP contribution in [-0.2, 0) is 4.43 Å². The molecular formula is C17H21ClO2Si. The molecule has 0 saturated carbocycles. The number of hydrogen-bond donors (Lipinski definition) is 0. The maximum atomic E-state index is 6.38. The second-order valence-corrected chi connectivity index (χ2v) is 10.8. The van der Waals surface area contributed by atoms with Gasteiger partial charge in [0.25, 0.3) is 0 Å². The normalized spacial score (nSPS) is 13.0. The first kappa shape index (κ1) is 16.1. The smallest absolute Gasteiger partial charge is 0.185 e. The van der Waals surface area contributed by atoms with Gasteiger partial charge in [0.15, 0.2) is 8.32 Å². The minimum absolute atomic E-state index is 0.0696. The van der Waals surface area contributed by atoms with Crippen LogP contribution in [0, 0.1) is 0 Å². The van der Waals surface area contributed by atoms with E-state index in [1.54, 1.807) is 7.11 Å². The molecule has 0 amide bonds. The van der Waals surface area contributed by atoms with Crippen LogP contribution in [0.1, 0.15) is 17.2 Å². The van der Waals surface area contributed by atoms with Gasteiger partial charge in [-0.05, 0) is 55.0 Å². The molecule has 1 atom stereocenters. The number of ether oxygens (including phenoxy) is 1. The molecule has 0 aromatic heterocycles. The quantitative estimate of drug-likeness (QED) is 0.697. The van der Waals surface area contributed by atoms with Crippen molar-refractivity contribution >= 4 is 19.9 Å². The Labute approximate surface area is 132 Å². The van der Waals surface area contributed by atoms with E-state index in [4.69, 9.17) is 20.8 Å². The maximum Gasteiger partial charge on any atom is 0.185 e. The fourth-order valence-electron chi connectivity index (χ4n) is 2.10. The summed E-state index contributed by atoms with van der Waals surface area (Å²) in [7, 11) is -0.0147. The van der Waals surface area contributed by atoms with Gasteiger partial charge >= 0.3 is 0 Å². The van der Waals surface area contributed by atoms with Crippen LogP contribution in [0.4, 0.5) is 0 Å². The standard InChI is InChI=1S/C17H21ClO2Si/c1-19-16-11-7-14(8-12-16)17(20-21(2,3)4)13-5-9-15(18)10-6-13/h5-12,17H,1-4H3. The van der Waals surface area contributed by atoms with Crippen LogP contribution in [0.25, 0.3) is 0 Å². The van der Waals surface area contributed by atoms with Gasteiger partial charge in [0.1, 0.15) is 5.75 Å². The molecule has 2 rings (SSSR count). The molecule has 4 heteroatoms. The van der Waals surface area contributed by atoms with E-state index >= 15 is 0 Å². The number of hydrogen-bond acceptors (Lipinski definition) is 2. The highest BCUT2D eigenvalue weighted by Crippen LogP contribution is 2.31. The van der Waals surface area contributed by atoms with Gasteiger partial charge in [-0.3, -0.25) is 0 Å². The first-order valence-corrected chi connectivity index (χ1v) is 10.7. The lowest BCUT2D eigenvalue weighted by molar-refractivity contribution is 0.239. The van der Waals surface area contributed by atoms with E-state index in [1.165, 1.54) is 0 Å². The Morgan fingerprint density at radius 2 is 1.33 bits per heavy atom. The van der Waals surface area contributed by atoms with Crippen LogP contribution in [0.5, 0.6) is 5.75 Å². The van der Waals surface area contributed by atoms with Crippen molar-refractivity contribution in [2.75, 3.05) is 7.11 Å². The average molecular weight is 321 g/mol. The lowest BCUT2D eigenvalue weighted by Crippen LogP contribution is -2.28. The Morgan fingerprint density at radius 1 is 0.857 bits per heavy atom. The first-order valence-electron chi connectivity index (χ1n) is 6.96. The topological polar surface area (TPSA) is 18.5 Å². The van der Waals surface area contributed by atoms with Gasteiger partial charge in [-0.1, -0.05) is 35.9 Å². The summed E-state index contributed by atoms with van der Waals surface area (Å²) < 4.78 is 11.6. The lowest BCUT2D eigenvalue weighted by atomic mass is 10.0. The number of benzene rings is 2. The largest absolute Gasteiger partial charge is 0.497 e. The van der Waals surface area contributed by atoms with E-state index in [-0.39, 0.29) is 6.10 Å². The van der Waals surface area contributed by atoms with Crippen molar-refractivity contribution in [2.45, 2.75) is 25.7 Å². The SMILES string of the molecule is COc1ccc(C(O[Si](C)(C)C)c2ccc(Cl)cc2)cc1. The van der Waals surface area contributed by atoms with Gasteiger partial charge < -0.3 is 9.16 Å². The van der Waals surface area contributed by atoms with Gasteiger partial charge in [0.05, 0.1) is 13.2 Å². The van der Waals surface area contributed by atoms with E-state index in [9.17, 15) is 0 Å². The average Bonchev–Trinajstić information content (AvgIpc) is 2.45. The van der Waals surface area contributed by atoms with E-state index in [0.717, 1.165) is 21.9 Å². The predicted molar refractivity (Wildman–Crippen MR) is 90.7 cm³/mol. The fourth-order valence-corrected chi connectivity index (χ4v) is 3.20. The van der Waals surface area contributed by atoms with E-state index < -0.39 is 8.32 Å². The van der Waals surface area contributed by atoms with E-state index in [2.05, 4.69) is 31.8 Å². The van der Waals surface area contributed by atoms with Gasteiger partial charge in [-0.25, -0.2) is 0 Å². The van der Waals surface area contributed by atoms with Crippen LogP contribution >= 0.6 is 11.6 Å². The van der Waals surface area contributed by atoms with Gasteiger partial charge in [-0.2, -0.15) is 0 Å². The molecule has 0 aliphatic rings.